The van der Waals surface area contributed by atoms with Crippen molar-refractivity contribution in [2.75, 3.05) is 6.54 Å². The Bertz CT molecular complexity index is 1360. The van der Waals surface area contributed by atoms with Crippen molar-refractivity contribution >= 4 is 27.3 Å². The van der Waals surface area contributed by atoms with Gasteiger partial charge in [-0.2, -0.15) is 14.5 Å². The van der Waals surface area contributed by atoms with Gasteiger partial charge in [-0.25, -0.2) is 8.42 Å². The van der Waals surface area contributed by atoms with Crippen molar-refractivity contribution in [2.45, 2.75) is 36.9 Å². The van der Waals surface area contributed by atoms with Gasteiger partial charge >= 0.3 is 0 Å². The highest BCUT2D eigenvalue weighted by Crippen LogP contribution is 2.24. The number of sulfonamides is 1. The molecule has 0 saturated carbocycles. The Morgan fingerprint density at radius 3 is 2.58 bits per heavy atom. The molecule has 1 aromatic carbocycles. The monoisotopic (exact) mass is 527 g/mol. The van der Waals surface area contributed by atoms with Crippen molar-refractivity contribution in [3.63, 3.8) is 0 Å². The van der Waals surface area contributed by atoms with Crippen LogP contribution in [0.2, 0.25) is 0 Å². The second-order valence-corrected chi connectivity index (χ2v) is 11.0. The van der Waals surface area contributed by atoms with Gasteiger partial charge in [-0.05, 0) is 36.4 Å². The van der Waals surface area contributed by atoms with E-state index in [2.05, 4.69) is 20.7 Å². The molecule has 1 amide bonds. The van der Waals surface area contributed by atoms with Crippen molar-refractivity contribution in [2.24, 2.45) is 0 Å². The van der Waals surface area contributed by atoms with E-state index in [1.54, 1.807) is 0 Å². The van der Waals surface area contributed by atoms with Gasteiger partial charge in [0.25, 0.3) is 5.91 Å². The van der Waals surface area contributed by atoms with Gasteiger partial charge in [0.1, 0.15) is 4.90 Å². The maximum atomic E-state index is 13.5. The number of thiophene rings is 1. The van der Waals surface area contributed by atoms with Gasteiger partial charge in [0.05, 0.1) is 36.3 Å². The average Bonchev–Trinajstić information content (AvgIpc) is 3.56. The van der Waals surface area contributed by atoms with Crippen LogP contribution < -0.4 is 5.32 Å². The van der Waals surface area contributed by atoms with Crippen molar-refractivity contribution in [1.82, 2.24) is 25.0 Å². The first-order chi connectivity index (χ1) is 17.3. The van der Waals surface area contributed by atoms with Crippen LogP contribution in [-0.4, -0.2) is 57.8 Å². The fraction of sp³-hybridized carbons (Fsp3) is 0.250. The summed E-state index contributed by atoms with van der Waals surface area (Å²) in [6.45, 7) is 1.29. The molecule has 36 heavy (non-hydrogen) atoms. The van der Waals surface area contributed by atoms with E-state index in [-0.39, 0.29) is 35.7 Å². The van der Waals surface area contributed by atoms with Crippen LogP contribution in [0.15, 0.2) is 81.9 Å². The molecule has 0 aliphatic rings. The van der Waals surface area contributed by atoms with Crippen molar-refractivity contribution < 1.29 is 22.8 Å². The Morgan fingerprint density at radius 1 is 1.14 bits per heavy atom. The van der Waals surface area contributed by atoms with E-state index in [0.29, 0.717) is 0 Å². The molecule has 0 radical (unpaired) electrons. The van der Waals surface area contributed by atoms with Crippen molar-refractivity contribution in [3.05, 3.63) is 94.3 Å². The first kappa shape index (κ1) is 25.6. The number of benzene rings is 1. The molecule has 10 nitrogen and oxygen atoms in total. The van der Waals surface area contributed by atoms with E-state index in [9.17, 15) is 18.3 Å². The van der Waals surface area contributed by atoms with E-state index in [0.717, 1.165) is 16.6 Å². The standard InChI is InChI=1S/C24H25N5O5S2/c1-17-23(14-27-34-17)36(32,33)29(15-20-8-5-11-35-20)16-22(30)21(12-18-6-3-2-4-7-18)28-24(31)19-9-10-25-26-13-19/h2-11,13-14,21-22,30H,12,15-16H2,1H3,(H,28,31)/t21-,22+/m0/s1. The van der Waals surface area contributed by atoms with Crippen molar-refractivity contribution in [3.8, 4) is 0 Å². The summed E-state index contributed by atoms with van der Waals surface area (Å²) in [7, 11) is -4.05. The largest absolute Gasteiger partial charge is 0.390 e. The molecule has 0 aliphatic carbocycles. The number of carbonyl (C=O) groups is 1. The minimum Gasteiger partial charge on any atom is -0.390 e. The predicted molar refractivity (Wildman–Crippen MR) is 133 cm³/mol. The molecule has 2 N–H and O–H groups in total. The summed E-state index contributed by atoms with van der Waals surface area (Å²) in [4.78, 5) is 13.6. The van der Waals surface area contributed by atoms with Gasteiger partial charge in [-0.15, -0.1) is 11.3 Å². The maximum absolute atomic E-state index is 13.5. The van der Waals surface area contributed by atoms with Gasteiger partial charge in [0.2, 0.25) is 10.0 Å². The zero-order valence-electron chi connectivity index (χ0n) is 19.4. The number of hydrogen-bond donors (Lipinski definition) is 2. The number of aliphatic hydroxyl groups excluding tert-OH is 1. The first-order valence-electron chi connectivity index (χ1n) is 11.1. The highest BCUT2D eigenvalue weighted by Gasteiger charge is 2.33. The second-order valence-electron chi connectivity index (χ2n) is 8.09. The predicted octanol–water partition coefficient (Wildman–Crippen LogP) is 2.43. The molecular weight excluding hydrogens is 502 g/mol. The van der Waals surface area contributed by atoms with Gasteiger partial charge in [0.15, 0.2) is 5.76 Å². The summed E-state index contributed by atoms with van der Waals surface area (Å²) in [5.41, 5.74) is 1.15. The first-order valence-corrected chi connectivity index (χ1v) is 13.4. The fourth-order valence-corrected chi connectivity index (χ4v) is 5.98. The highest BCUT2D eigenvalue weighted by molar-refractivity contribution is 7.89. The van der Waals surface area contributed by atoms with Crippen LogP contribution in [0.25, 0.3) is 0 Å². The van der Waals surface area contributed by atoms with E-state index >= 15 is 0 Å². The van der Waals surface area contributed by atoms with Crippen LogP contribution in [0, 0.1) is 6.92 Å². The summed E-state index contributed by atoms with van der Waals surface area (Å²) in [5.74, 6) is -0.299. The average molecular weight is 528 g/mol. The molecule has 0 aliphatic heterocycles. The molecule has 12 heteroatoms. The quantitative estimate of drug-likeness (QED) is 0.303. The highest BCUT2D eigenvalue weighted by atomic mass is 32.2. The van der Waals surface area contributed by atoms with E-state index in [1.165, 1.54) is 41.0 Å². The number of rotatable bonds is 11. The molecular formula is C24H25N5O5S2. The third-order valence-electron chi connectivity index (χ3n) is 5.55. The lowest BCUT2D eigenvalue weighted by Gasteiger charge is -2.29. The Hall–Kier alpha value is -3.45. The van der Waals surface area contributed by atoms with Gasteiger partial charge in [-0.1, -0.05) is 41.6 Å². The van der Waals surface area contributed by atoms with Crippen LogP contribution in [0.3, 0.4) is 0 Å². The Kier molecular flexibility index (Phi) is 8.21. The SMILES string of the molecule is Cc1oncc1S(=O)(=O)N(Cc1cccs1)C[C@@H](O)[C@H](Cc1ccccc1)NC(=O)c1ccnnc1. The lowest BCUT2D eigenvalue weighted by Crippen LogP contribution is -2.50. The molecule has 2 atom stereocenters. The van der Waals surface area contributed by atoms with Gasteiger partial charge in [0, 0.05) is 18.0 Å². The lowest BCUT2D eigenvalue weighted by atomic mass is 10.0. The topological polar surface area (TPSA) is 139 Å². The molecule has 3 heterocycles. The van der Waals surface area contributed by atoms with Gasteiger partial charge < -0.3 is 14.9 Å². The molecule has 4 rings (SSSR count). The van der Waals surface area contributed by atoms with Crippen LogP contribution in [0.1, 0.15) is 26.6 Å². The number of nitrogens with zero attached hydrogens (tertiary/aromatic N) is 4. The van der Waals surface area contributed by atoms with Crippen LogP contribution in [0.5, 0.6) is 0 Å². The number of aliphatic hydroxyl groups is 1. The van der Waals surface area contributed by atoms with Crippen LogP contribution in [-0.2, 0) is 23.0 Å². The van der Waals surface area contributed by atoms with E-state index in [1.807, 2.05) is 47.8 Å². The molecule has 188 valence electrons. The number of nitrogens with one attached hydrogen (secondary N) is 1. The molecule has 0 saturated heterocycles. The summed E-state index contributed by atoms with van der Waals surface area (Å²) in [5, 5.41) is 27.0. The minimum atomic E-state index is -4.05. The second kappa shape index (κ2) is 11.5. The summed E-state index contributed by atoms with van der Waals surface area (Å²) >= 11 is 1.41. The number of aromatic nitrogens is 3. The number of carbonyl (C=O) groups excluding carboxylic acids is 1. The normalized spacial score (nSPS) is 13.4. The van der Waals surface area contributed by atoms with Crippen LogP contribution in [0.4, 0.5) is 0 Å². The third kappa shape index (κ3) is 6.21. The molecule has 0 unspecified atom stereocenters. The molecule has 0 bridgehead atoms. The summed E-state index contributed by atoms with van der Waals surface area (Å²) in [6, 6.07) is 13.7. The molecule has 4 aromatic rings. The van der Waals surface area contributed by atoms with Gasteiger partial charge in [-0.3, -0.25) is 4.79 Å². The number of aryl methyl sites for hydroxylation is 1. The maximum Gasteiger partial charge on any atom is 0.253 e. The molecule has 0 fully saturated rings. The summed E-state index contributed by atoms with van der Waals surface area (Å²) < 4.78 is 33.2. The van der Waals surface area contributed by atoms with E-state index < -0.39 is 28.1 Å². The Morgan fingerprint density at radius 2 is 1.94 bits per heavy atom. The zero-order valence-corrected chi connectivity index (χ0v) is 21.0. The third-order valence-corrected chi connectivity index (χ3v) is 8.32. The number of hydrogen-bond acceptors (Lipinski definition) is 9. The zero-order chi connectivity index (χ0) is 25.5. The fourth-order valence-electron chi connectivity index (χ4n) is 3.66. The molecule has 0 spiro atoms. The smallest absolute Gasteiger partial charge is 0.253 e. The lowest BCUT2D eigenvalue weighted by molar-refractivity contribution is 0.0779. The van der Waals surface area contributed by atoms with Crippen molar-refractivity contribution in [1.29, 1.82) is 0 Å². The Labute approximate surface area is 212 Å². The number of amides is 1. The van der Waals surface area contributed by atoms with Crippen LogP contribution >= 0.6 is 11.3 Å². The molecule has 3 aromatic heterocycles. The minimum absolute atomic E-state index is 0.0436. The van der Waals surface area contributed by atoms with E-state index in [4.69, 9.17) is 4.52 Å². The Balaban J connectivity index is 1.62. The summed E-state index contributed by atoms with van der Waals surface area (Å²) in [6.07, 6.45) is 2.92.